The largest absolute Gasteiger partial charge is 0.490 e. The number of aromatic nitrogens is 3. The van der Waals surface area contributed by atoms with Crippen molar-refractivity contribution in [2.75, 3.05) is 10.6 Å². The van der Waals surface area contributed by atoms with E-state index in [4.69, 9.17) is 19.8 Å². The highest BCUT2D eigenvalue weighted by atomic mass is 19.4. The molecule has 2 aromatic heterocycles. The number of alkyl halides is 6. The first kappa shape index (κ1) is 27.8. The quantitative estimate of drug-likeness (QED) is 0.312. The third kappa shape index (κ3) is 9.44. The standard InChI is InChI=1S/C17H15N5.2C2HF3O2/c1-2-12-4-5-13-9-15(11-18-10-13)21-17-19-7-6-16(22-17)20-14(3-1)8-12;2*3-2(4,5)1(6)7/h1-3,6-11H,4-5H2,(H2,19,20,21,22);2*(H,6,7). The Kier molecular flexibility index (Phi) is 9.13. The highest BCUT2D eigenvalue weighted by molar-refractivity contribution is 5.73. The van der Waals surface area contributed by atoms with Gasteiger partial charge < -0.3 is 20.8 Å². The Morgan fingerprint density at radius 3 is 2.00 bits per heavy atom. The van der Waals surface area contributed by atoms with E-state index in [0.29, 0.717) is 5.95 Å². The van der Waals surface area contributed by atoms with E-state index in [2.05, 4.69) is 49.9 Å². The van der Waals surface area contributed by atoms with Crippen molar-refractivity contribution >= 4 is 35.1 Å². The van der Waals surface area contributed by atoms with Gasteiger partial charge in [-0.3, -0.25) is 4.98 Å². The van der Waals surface area contributed by atoms with E-state index in [1.165, 1.54) is 11.1 Å². The van der Waals surface area contributed by atoms with Gasteiger partial charge in [0.1, 0.15) is 5.82 Å². The number of pyridine rings is 1. The predicted octanol–water partition coefficient (Wildman–Crippen LogP) is 4.72. The average Bonchev–Trinajstić information content (AvgIpc) is 2.78. The zero-order chi connectivity index (χ0) is 26.9. The zero-order valence-electron chi connectivity index (χ0n) is 17.9. The van der Waals surface area contributed by atoms with E-state index in [1.54, 1.807) is 12.4 Å². The molecule has 1 aliphatic rings. The number of nitrogens with zero attached hydrogens (tertiary/aromatic N) is 3. The normalized spacial score (nSPS) is 12.3. The molecule has 0 spiro atoms. The van der Waals surface area contributed by atoms with Crippen LogP contribution < -0.4 is 10.6 Å². The molecule has 4 N–H and O–H groups in total. The summed E-state index contributed by atoms with van der Waals surface area (Å²) in [7, 11) is 0. The number of halogens is 6. The Labute approximate surface area is 198 Å². The van der Waals surface area contributed by atoms with Crippen molar-refractivity contribution in [1.29, 1.82) is 0 Å². The molecule has 0 amide bonds. The maximum absolute atomic E-state index is 10.6. The van der Waals surface area contributed by atoms with Crippen molar-refractivity contribution in [2.24, 2.45) is 0 Å². The predicted molar refractivity (Wildman–Crippen MR) is 114 cm³/mol. The van der Waals surface area contributed by atoms with Crippen molar-refractivity contribution in [2.45, 2.75) is 25.2 Å². The van der Waals surface area contributed by atoms with Crippen LogP contribution in [-0.2, 0) is 22.4 Å². The summed E-state index contributed by atoms with van der Waals surface area (Å²) in [4.78, 5) is 30.8. The van der Waals surface area contributed by atoms with Crippen molar-refractivity contribution < 1.29 is 46.1 Å². The van der Waals surface area contributed by atoms with Crippen LogP contribution in [0.4, 0.5) is 49.5 Å². The summed E-state index contributed by atoms with van der Waals surface area (Å²) in [5.74, 6) is -4.20. The molecule has 3 aromatic rings. The molecule has 36 heavy (non-hydrogen) atoms. The fraction of sp³-hybridized carbons (Fsp3) is 0.190. The van der Waals surface area contributed by atoms with Gasteiger partial charge in [0.2, 0.25) is 5.95 Å². The molecule has 0 aliphatic carbocycles. The number of aryl methyl sites for hydroxylation is 2. The minimum absolute atomic E-state index is 0.555. The van der Waals surface area contributed by atoms with Crippen molar-refractivity contribution in [1.82, 2.24) is 15.0 Å². The number of nitrogens with one attached hydrogen (secondary N) is 2. The van der Waals surface area contributed by atoms with Gasteiger partial charge in [-0.15, -0.1) is 0 Å². The van der Waals surface area contributed by atoms with E-state index in [0.717, 1.165) is 30.0 Å². The molecule has 0 saturated heterocycles. The van der Waals surface area contributed by atoms with Crippen LogP contribution in [0.25, 0.3) is 0 Å². The molecule has 1 aromatic carbocycles. The number of carbonyl (C=O) groups is 2. The van der Waals surface area contributed by atoms with E-state index >= 15 is 0 Å². The Morgan fingerprint density at radius 1 is 0.806 bits per heavy atom. The van der Waals surface area contributed by atoms with Crippen molar-refractivity contribution in [3.8, 4) is 0 Å². The molecule has 15 heteroatoms. The molecule has 0 saturated carbocycles. The van der Waals surface area contributed by atoms with Gasteiger partial charge in [0, 0.05) is 18.1 Å². The summed E-state index contributed by atoms with van der Waals surface area (Å²) < 4.78 is 63.5. The average molecular weight is 517 g/mol. The number of carboxylic acids is 2. The smallest absolute Gasteiger partial charge is 0.475 e. The van der Waals surface area contributed by atoms with Crippen LogP contribution in [0.3, 0.4) is 0 Å². The van der Waals surface area contributed by atoms with E-state index in [9.17, 15) is 26.3 Å². The third-order valence-electron chi connectivity index (χ3n) is 4.09. The minimum atomic E-state index is -5.08. The second-order valence-electron chi connectivity index (χ2n) is 6.90. The van der Waals surface area contributed by atoms with E-state index in [-0.39, 0.29) is 0 Å². The SMILES string of the molecule is O=C(O)C(F)(F)F.O=C(O)C(F)(F)F.c1cc2cc(c1)Nc1ccnc(n1)Nc1cncc(c1)CC2. The first-order valence-electron chi connectivity index (χ1n) is 9.74. The Hall–Kier alpha value is -4.43. The van der Waals surface area contributed by atoms with Gasteiger partial charge in [-0.05, 0) is 48.2 Å². The molecular formula is C21H17F6N5O4. The van der Waals surface area contributed by atoms with Crippen LogP contribution >= 0.6 is 0 Å². The molecule has 0 unspecified atom stereocenters. The monoisotopic (exact) mass is 517 g/mol. The van der Waals surface area contributed by atoms with Gasteiger partial charge in [-0.25, -0.2) is 14.6 Å². The van der Waals surface area contributed by atoms with Gasteiger partial charge in [-0.2, -0.15) is 31.3 Å². The van der Waals surface area contributed by atoms with Gasteiger partial charge in [0.25, 0.3) is 0 Å². The number of rotatable bonds is 0. The van der Waals surface area contributed by atoms with Crippen LogP contribution in [-0.4, -0.2) is 49.5 Å². The lowest BCUT2D eigenvalue weighted by Gasteiger charge is -2.08. The maximum Gasteiger partial charge on any atom is 0.490 e. The highest BCUT2D eigenvalue weighted by Gasteiger charge is 2.38. The number of benzene rings is 1. The van der Waals surface area contributed by atoms with Crippen LogP contribution in [0.2, 0.25) is 0 Å². The molecule has 192 valence electrons. The molecule has 0 atom stereocenters. The molecule has 1 aliphatic heterocycles. The zero-order valence-corrected chi connectivity index (χ0v) is 17.9. The molecule has 9 nitrogen and oxygen atoms in total. The lowest BCUT2D eigenvalue weighted by molar-refractivity contribution is -0.193. The Balaban J connectivity index is 0.000000271. The Morgan fingerprint density at radius 2 is 1.39 bits per heavy atom. The molecule has 3 heterocycles. The first-order valence-corrected chi connectivity index (χ1v) is 9.74. The van der Waals surface area contributed by atoms with Crippen LogP contribution in [0.15, 0.2) is 55.0 Å². The summed E-state index contributed by atoms with van der Waals surface area (Å²) >= 11 is 0. The first-order chi connectivity index (χ1) is 16.7. The molecular weight excluding hydrogens is 500 g/mol. The number of fused-ring (bicyclic) bond motifs is 6. The summed E-state index contributed by atoms with van der Waals surface area (Å²) in [5, 5.41) is 20.8. The molecule has 0 fully saturated rings. The van der Waals surface area contributed by atoms with Gasteiger partial charge in [0.05, 0.1) is 11.9 Å². The lowest BCUT2D eigenvalue weighted by Crippen LogP contribution is -2.21. The summed E-state index contributed by atoms with van der Waals surface area (Å²) in [5.41, 5.74) is 4.42. The van der Waals surface area contributed by atoms with Crippen LogP contribution in [0.5, 0.6) is 0 Å². The van der Waals surface area contributed by atoms with Gasteiger partial charge in [-0.1, -0.05) is 12.1 Å². The number of aliphatic carboxylic acids is 2. The molecule has 4 rings (SSSR count). The third-order valence-corrected chi connectivity index (χ3v) is 4.09. The van der Waals surface area contributed by atoms with E-state index < -0.39 is 24.3 Å². The van der Waals surface area contributed by atoms with Crippen LogP contribution in [0.1, 0.15) is 11.1 Å². The summed E-state index contributed by atoms with van der Waals surface area (Å²) in [6.45, 7) is 0. The lowest BCUT2D eigenvalue weighted by atomic mass is 10.0. The van der Waals surface area contributed by atoms with Crippen molar-refractivity contribution in [3.05, 3.63) is 66.1 Å². The van der Waals surface area contributed by atoms with Gasteiger partial charge in [0.15, 0.2) is 0 Å². The topological polar surface area (TPSA) is 137 Å². The highest BCUT2D eigenvalue weighted by Crippen LogP contribution is 2.21. The number of anilines is 4. The van der Waals surface area contributed by atoms with Crippen molar-refractivity contribution in [3.63, 3.8) is 0 Å². The minimum Gasteiger partial charge on any atom is -0.475 e. The summed E-state index contributed by atoms with van der Waals surface area (Å²) in [6, 6.07) is 12.4. The number of carboxylic acid groups (broad SMARTS) is 2. The number of hydrogen-bond acceptors (Lipinski definition) is 7. The second-order valence-corrected chi connectivity index (χ2v) is 6.90. The van der Waals surface area contributed by atoms with E-state index in [1.807, 2.05) is 18.3 Å². The van der Waals surface area contributed by atoms with Crippen LogP contribution in [0, 0.1) is 0 Å². The second kappa shape index (κ2) is 11.8. The maximum atomic E-state index is 10.6. The molecule has 6 bridgehead atoms. The number of hydrogen-bond donors (Lipinski definition) is 4. The Bertz CT molecular complexity index is 1110. The molecule has 0 radical (unpaired) electrons. The van der Waals surface area contributed by atoms with Gasteiger partial charge >= 0.3 is 24.3 Å². The summed E-state index contributed by atoms with van der Waals surface area (Å²) in [6.07, 6.45) is -2.82. The fourth-order valence-electron chi connectivity index (χ4n) is 2.55. The fourth-order valence-corrected chi connectivity index (χ4v) is 2.55.